The van der Waals surface area contributed by atoms with Gasteiger partial charge in [-0.3, -0.25) is 4.79 Å². The van der Waals surface area contributed by atoms with E-state index in [1.165, 1.54) is 12.3 Å². The SMILES string of the molecule is COc1ccc(/C=N/NC(=O)/C(C#N)=C/c2ccc(OC)cc2)cc1. The molecule has 2 rings (SSSR count). The minimum absolute atomic E-state index is 0.0444. The van der Waals surface area contributed by atoms with Crippen molar-refractivity contribution in [2.24, 2.45) is 5.10 Å². The molecule has 6 nitrogen and oxygen atoms in total. The number of ether oxygens (including phenoxy) is 2. The Hall–Kier alpha value is -3.59. The smallest absolute Gasteiger partial charge is 0.282 e. The van der Waals surface area contributed by atoms with Gasteiger partial charge in [0, 0.05) is 0 Å². The number of carbonyl (C=O) groups is 1. The van der Waals surface area contributed by atoms with E-state index in [2.05, 4.69) is 10.5 Å². The van der Waals surface area contributed by atoms with Crippen molar-refractivity contribution in [2.45, 2.75) is 0 Å². The molecule has 6 heteroatoms. The zero-order valence-corrected chi connectivity index (χ0v) is 13.9. The number of carbonyl (C=O) groups excluding carboxylic acids is 1. The van der Waals surface area contributed by atoms with Crippen LogP contribution in [0.3, 0.4) is 0 Å². The number of rotatable bonds is 6. The van der Waals surface area contributed by atoms with Crippen LogP contribution < -0.4 is 14.9 Å². The lowest BCUT2D eigenvalue weighted by Gasteiger charge is -2.01. The number of methoxy groups -OCH3 is 2. The van der Waals surface area contributed by atoms with Gasteiger partial charge in [-0.15, -0.1) is 0 Å². The summed E-state index contributed by atoms with van der Waals surface area (Å²) in [5.41, 5.74) is 3.80. The first-order chi connectivity index (χ1) is 12.2. The summed E-state index contributed by atoms with van der Waals surface area (Å²) < 4.78 is 10.1. The van der Waals surface area contributed by atoms with Gasteiger partial charge in [0.15, 0.2) is 0 Å². The highest BCUT2D eigenvalue weighted by molar-refractivity contribution is 6.02. The molecule has 25 heavy (non-hydrogen) atoms. The van der Waals surface area contributed by atoms with Crippen molar-refractivity contribution in [3.63, 3.8) is 0 Å². The quantitative estimate of drug-likeness (QED) is 0.381. The standard InChI is InChI=1S/C19H17N3O3/c1-24-17-7-3-14(4-8-17)11-16(12-20)19(23)22-21-13-15-5-9-18(25-2)10-6-15/h3-11,13H,1-2H3,(H,22,23)/b16-11+,21-13+. The van der Waals surface area contributed by atoms with Gasteiger partial charge in [-0.05, 0) is 53.6 Å². The molecule has 0 heterocycles. The van der Waals surface area contributed by atoms with E-state index in [9.17, 15) is 4.79 Å². The summed E-state index contributed by atoms with van der Waals surface area (Å²) in [7, 11) is 3.15. The van der Waals surface area contributed by atoms with Crippen molar-refractivity contribution in [2.75, 3.05) is 14.2 Å². The van der Waals surface area contributed by atoms with Gasteiger partial charge in [-0.25, -0.2) is 5.43 Å². The molecule has 126 valence electrons. The van der Waals surface area contributed by atoms with Gasteiger partial charge >= 0.3 is 0 Å². The second kappa shape index (κ2) is 8.89. The maximum Gasteiger partial charge on any atom is 0.282 e. The van der Waals surface area contributed by atoms with Gasteiger partial charge in [-0.2, -0.15) is 10.4 Å². The third kappa shape index (κ3) is 5.22. The van der Waals surface area contributed by atoms with Crippen LogP contribution in [0.25, 0.3) is 6.08 Å². The number of hydrogen-bond donors (Lipinski definition) is 1. The minimum atomic E-state index is -0.580. The Balaban J connectivity index is 2.02. The molecule has 2 aromatic carbocycles. The molecule has 0 fully saturated rings. The number of hydrazone groups is 1. The zero-order valence-electron chi connectivity index (χ0n) is 13.9. The van der Waals surface area contributed by atoms with Crippen molar-refractivity contribution >= 4 is 18.2 Å². The molecular weight excluding hydrogens is 318 g/mol. The highest BCUT2D eigenvalue weighted by atomic mass is 16.5. The van der Waals surface area contributed by atoms with Gasteiger partial charge in [0.2, 0.25) is 0 Å². The molecule has 0 bridgehead atoms. The zero-order chi connectivity index (χ0) is 18.1. The van der Waals surface area contributed by atoms with E-state index in [4.69, 9.17) is 14.7 Å². The molecular formula is C19H17N3O3. The molecule has 0 aromatic heterocycles. The lowest BCUT2D eigenvalue weighted by molar-refractivity contribution is -0.117. The Morgan fingerprint density at radius 1 is 1.00 bits per heavy atom. The van der Waals surface area contributed by atoms with E-state index in [0.717, 1.165) is 11.3 Å². The van der Waals surface area contributed by atoms with E-state index in [0.29, 0.717) is 11.3 Å². The molecule has 0 radical (unpaired) electrons. The van der Waals surface area contributed by atoms with Crippen molar-refractivity contribution in [3.8, 4) is 17.6 Å². The third-order valence-electron chi connectivity index (χ3n) is 3.29. The monoisotopic (exact) mass is 335 g/mol. The van der Waals surface area contributed by atoms with Crippen LogP contribution in [0.4, 0.5) is 0 Å². The molecule has 1 amide bonds. The highest BCUT2D eigenvalue weighted by Gasteiger charge is 2.07. The molecule has 0 unspecified atom stereocenters. The van der Waals surface area contributed by atoms with Crippen molar-refractivity contribution in [1.82, 2.24) is 5.43 Å². The number of nitrogens with zero attached hydrogens (tertiary/aromatic N) is 2. The molecule has 0 aliphatic heterocycles. The second-order valence-corrected chi connectivity index (χ2v) is 4.92. The first-order valence-electron chi connectivity index (χ1n) is 7.39. The van der Waals surface area contributed by atoms with Crippen LogP contribution in [-0.2, 0) is 4.79 Å². The minimum Gasteiger partial charge on any atom is -0.497 e. The summed E-state index contributed by atoms with van der Waals surface area (Å²) >= 11 is 0. The van der Waals surface area contributed by atoms with Gasteiger partial charge in [-0.1, -0.05) is 12.1 Å². The number of nitrogens with one attached hydrogen (secondary N) is 1. The van der Waals surface area contributed by atoms with Crippen LogP contribution in [0.1, 0.15) is 11.1 Å². The molecule has 0 saturated heterocycles. The summed E-state index contributed by atoms with van der Waals surface area (Å²) in [6.07, 6.45) is 2.97. The van der Waals surface area contributed by atoms with E-state index >= 15 is 0 Å². The third-order valence-corrected chi connectivity index (χ3v) is 3.29. The van der Waals surface area contributed by atoms with Crippen molar-refractivity contribution in [1.29, 1.82) is 5.26 Å². The second-order valence-electron chi connectivity index (χ2n) is 4.92. The topological polar surface area (TPSA) is 83.7 Å². The average Bonchev–Trinajstić information content (AvgIpc) is 2.67. The molecule has 2 aromatic rings. The molecule has 0 atom stereocenters. The van der Waals surface area contributed by atoms with Gasteiger partial charge in [0.1, 0.15) is 23.1 Å². The Morgan fingerprint density at radius 2 is 1.52 bits per heavy atom. The van der Waals surface area contributed by atoms with Crippen molar-refractivity contribution in [3.05, 3.63) is 65.2 Å². The van der Waals surface area contributed by atoms with Crippen molar-refractivity contribution < 1.29 is 14.3 Å². The fourth-order valence-corrected chi connectivity index (χ4v) is 1.93. The predicted molar refractivity (Wildman–Crippen MR) is 95.3 cm³/mol. The lowest BCUT2D eigenvalue weighted by atomic mass is 10.1. The summed E-state index contributed by atoms with van der Waals surface area (Å²) in [4.78, 5) is 12.0. The fourth-order valence-electron chi connectivity index (χ4n) is 1.93. The maximum absolute atomic E-state index is 12.0. The fraction of sp³-hybridized carbons (Fsp3) is 0.105. The molecule has 0 aliphatic rings. The summed E-state index contributed by atoms with van der Waals surface area (Å²) in [6.45, 7) is 0. The Kier molecular flexibility index (Phi) is 6.32. The van der Waals surface area contributed by atoms with Gasteiger partial charge < -0.3 is 9.47 Å². The number of nitriles is 1. The summed E-state index contributed by atoms with van der Waals surface area (Å²) in [5, 5.41) is 13.0. The van der Waals surface area contributed by atoms with Gasteiger partial charge in [0.25, 0.3) is 5.91 Å². The molecule has 0 aliphatic carbocycles. The predicted octanol–water partition coefficient (Wildman–Crippen LogP) is 2.76. The molecule has 0 spiro atoms. The first-order valence-corrected chi connectivity index (χ1v) is 7.39. The van der Waals surface area contributed by atoms with E-state index < -0.39 is 5.91 Å². The largest absolute Gasteiger partial charge is 0.497 e. The molecule has 1 N–H and O–H groups in total. The van der Waals surface area contributed by atoms with Crippen LogP contribution in [0, 0.1) is 11.3 Å². The van der Waals surface area contributed by atoms with Crippen LogP contribution in [0.15, 0.2) is 59.2 Å². The average molecular weight is 335 g/mol. The van der Waals surface area contributed by atoms with Crippen LogP contribution in [0.2, 0.25) is 0 Å². The summed E-state index contributed by atoms with van der Waals surface area (Å²) in [6, 6.07) is 16.0. The number of amides is 1. The Morgan fingerprint density at radius 3 is 2.00 bits per heavy atom. The lowest BCUT2D eigenvalue weighted by Crippen LogP contribution is -2.19. The van der Waals surface area contributed by atoms with E-state index in [1.807, 2.05) is 6.07 Å². The van der Waals surface area contributed by atoms with Crippen LogP contribution in [0.5, 0.6) is 11.5 Å². The normalized spacial score (nSPS) is 11.0. The number of hydrogen-bond acceptors (Lipinski definition) is 5. The number of benzene rings is 2. The Bertz CT molecular complexity index is 816. The highest BCUT2D eigenvalue weighted by Crippen LogP contribution is 2.14. The Labute approximate surface area is 146 Å². The van der Waals surface area contributed by atoms with E-state index in [1.54, 1.807) is 62.8 Å². The molecule has 0 saturated carbocycles. The van der Waals surface area contributed by atoms with Crippen LogP contribution in [-0.4, -0.2) is 26.3 Å². The first kappa shape index (κ1) is 17.8. The summed E-state index contributed by atoms with van der Waals surface area (Å²) in [5.74, 6) is 0.850. The van der Waals surface area contributed by atoms with Gasteiger partial charge in [0.05, 0.1) is 20.4 Å². The van der Waals surface area contributed by atoms with Crippen LogP contribution >= 0.6 is 0 Å². The van der Waals surface area contributed by atoms with E-state index in [-0.39, 0.29) is 5.57 Å². The maximum atomic E-state index is 12.0.